The molecule has 9 nitrogen and oxygen atoms in total. The third kappa shape index (κ3) is 8.76. The minimum absolute atomic E-state index is 0.0725. The predicted octanol–water partition coefficient (Wildman–Crippen LogP) is 0.161. The first-order valence-electron chi connectivity index (χ1n) is 8.78. The number of nitrogens with zero attached hydrogens (tertiary/aromatic N) is 1. The van der Waals surface area contributed by atoms with E-state index in [1.807, 2.05) is 6.26 Å². The second kappa shape index (κ2) is 12.6. The Balaban J connectivity index is 2.73. The van der Waals surface area contributed by atoms with E-state index < -0.39 is 24.0 Å². The van der Waals surface area contributed by atoms with E-state index in [1.165, 1.54) is 11.8 Å². The lowest BCUT2D eigenvalue weighted by atomic mass is 10.1. The first kappa shape index (κ1) is 23.3. The number of nitrogens with one attached hydrogen (secondary N) is 2. The lowest BCUT2D eigenvalue weighted by Gasteiger charge is -2.21. The Morgan fingerprint density at radius 1 is 1.11 bits per heavy atom. The summed E-state index contributed by atoms with van der Waals surface area (Å²) >= 11 is 1.53. The minimum Gasteiger partial charge on any atom is -0.480 e. The van der Waals surface area contributed by atoms with E-state index in [-0.39, 0.29) is 24.8 Å². The van der Waals surface area contributed by atoms with Crippen LogP contribution in [0.5, 0.6) is 0 Å². The standard InChI is InChI=1S/C18H27N5O4S/c1-28-11-9-13(22-15(24)12-6-3-2-4-7-12)16(25)23-14(17(26)27)8-5-10-21-18(19)20/h2-4,6-7,13-14H,5,8-11H2,1H3,(H,22,24)(H,23,25)(H,26,27)(H4,19,20,21)/t13-,14-/m0/s1. The van der Waals surface area contributed by atoms with Crippen molar-refractivity contribution >= 4 is 35.5 Å². The third-order valence-corrected chi connectivity index (χ3v) is 4.47. The Labute approximate surface area is 168 Å². The Bertz CT molecular complexity index is 680. The molecule has 0 heterocycles. The number of carboxylic acids is 1. The summed E-state index contributed by atoms with van der Waals surface area (Å²) in [5, 5.41) is 14.5. The molecule has 0 unspecified atom stereocenters. The maximum absolute atomic E-state index is 12.6. The molecule has 7 N–H and O–H groups in total. The molecule has 0 aliphatic heterocycles. The van der Waals surface area contributed by atoms with Crippen molar-refractivity contribution in [2.45, 2.75) is 31.3 Å². The van der Waals surface area contributed by atoms with E-state index in [2.05, 4.69) is 15.6 Å². The van der Waals surface area contributed by atoms with Gasteiger partial charge in [-0.25, -0.2) is 4.79 Å². The molecule has 0 bridgehead atoms. The van der Waals surface area contributed by atoms with Crippen LogP contribution in [0.4, 0.5) is 0 Å². The first-order chi connectivity index (χ1) is 13.3. The lowest BCUT2D eigenvalue weighted by molar-refractivity contribution is -0.142. The van der Waals surface area contributed by atoms with Crippen molar-refractivity contribution in [1.82, 2.24) is 10.6 Å². The highest BCUT2D eigenvalue weighted by Gasteiger charge is 2.26. The molecular weight excluding hydrogens is 382 g/mol. The van der Waals surface area contributed by atoms with Crippen molar-refractivity contribution in [3.05, 3.63) is 35.9 Å². The van der Waals surface area contributed by atoms with Gasteiger partial charge in [-0.2, -0.15) is 11.8 Å². The second-order valence-corrected chi connectivity index (χ2v) is 7.01. The van der Waals surface area contributed by atoms with Gasteiger partial charge in [-0.3, -0.25) is 14.6 Å². The van der Waals surface area contributed by atoms with Crippen molar-refractivity contribution in [2.75, 3.05) is 18.6 Å². The predicted molar refractivity (Wildman–Crippen MR) is 110 cm³/mol. The van der Waals surface area contributed by atoms with Crippen molar-refractivity contribution in [3.63, 3.8) is 0 Å². The molecule has 154 valence electrons. The van der Waals surface area contributed by atoms with Gasteiger partial charge in [0, 0.05) is 12.1 Å². The maximum Gasteiger partial charge on any atom is 0.326 e. The number of hydrogen-bond donors (Lipinski definition) is 5. The molecule has 1 rings (SSSR count). The Morgan fingerprint density at radius 2 is 1.79 bits per heavy atom. The van der Waals surface area contributed by atoms with Gasteiger partial charge in [0.1, 0.15) is 12.1 Å². The SMILES string of the molecule is CSCC[C@H](NC(=O)c1ccccc1)C(=O)N[C@@H](CCCN=C(N)N)C(=O)O. The Morgan fingerprint density at radius 3 is 2.36 bits per heavy atom. The molecule has 0 radical (unpaired) electrons. The number of carbonyl (C=O) groups is 3. The monoisotopic (exact) mass is 409 g/mol. The van der Waals surface area contributed by atoms with Crippen LogP contribution in [0, 0.1) is 0 Å². The van der Waals surface area contributed by atoms with Crippen LogP contribution in [0.15, 0.2) is 35.3 Å². The van der Waals surface area contributed by atoms with Gasteiger partial charge in [0.25, 0.3) is 5.91 Å². The average Bonchev–Trinajstić information content (AvgIpc) is 2.67. The van der Waals surface area contributed by atoms with Crippen LogP contribution in [0.1, 0.15) is 29.6 Å². The van der Waals surface area contributed by atoms with Gasteiger partial charge in [-0.1, -0.05) is 18.2 Å². The van der Waals surface area contributed by atoms with Crippen LogP contribution < -0.4 is 22.1 Å². The zero-order valence-corrected chi connectivity index (χ0v) is 16.6. The van der Waals surface area contributed by atoms with Crippen LogP contribution in [-0.4, -0.2) is 59.5 Å². The van der Waals surface area contributed by atoms with Gasteiger partial charge in [0.15, 0.2) is 5.96 Å². The molecule has 28 heavy (non-hydrogen) atoms. The number of guanidine groups is 1. The number of thioether (sulfide) groups is 1. The largest absolute Gasteiger partial charge is 0.480 e. The number of rotatable bonds is 12. The van der Waals surface area contributed by atoms with E-state index in [0.29, 0.717) is 24.2 Å². The smallest absolute Gasteiger partial charge is 0.326 e. The highest BCUT2D eigenvalue weighted by molar-refractivity contribution is 7.98. The second-order valence-electron chi connectivity index (χ2n) is 6.02. The van der Waals surface area contributed by atoms with Gasteiger partial charge >= 0.3 is 5.97 Å². The molecule has 0 saturated carbocycles. The average molecular weight is 410 g/mol. The Kier molecular flexibility index (Phi) is 10.5. The van der Waals surface area contributed by atoms with E-state index in [1.54, 1.807) is 30.3 Å². The number of carbonyl (C=O) groups excluding carboxylic acids is 2. The number of aliphatic imine (C=N–C) groups is 1. The van der Waals surface area contributed by atoms with Gasteiger partial charge in [-0.15, -0.1) is 0 Å². The summed E-state index contributed by atoms with van der Waals surface area (Å²) in [5.41, 5.74) is 10.9. The summed E-state index contributed by atoms with van der Waals surface area (Å²) in [6, 6.07) is 6.60. The molecule has 0 fully saturated rings. The minimum atomic E-state index is -1.16. The molecule has 10 heteroatoms. The fourth-order valence-electron chi connectivity index (χ4n) is 2.37. The Hall–Kier alpha value is -2.75. The van der Waals surface area contributed by atoms with E-state index in [9.17, 15) is 19.5 Å². The number of carboxylic acid groups (broad SMARTS) is 1. The molecule has 0 aromatic heterocycles. The number of benzene rings is 1. The number of nitrogens with two attached hydrogens (primary N) is 2. The molecular formula is C18H27N5O4S. The van der Waals surface area contributed by atoms with Crippen LogP contribution in [0.2, 0.25) is 0 Å². The van der Waals surface area contributed by atoms with E-state index >= 15 is 0 Å². The van der Waals surface area contributed by atoms with E-state index in [4.69, 9.17) is 11.5 Å². The maximum atomic E-state index is 12.6. The zero-order chi connectivity index (χ0) is 20.9. The molecule has 0 aliphatic carbocycles. The summed E-state index contributed by atoms with van der Waals surface area (Å²) in [4.78, 5) is 40.2. The van der Waals surface area contributed by atoms with Gasteiger partial charge in [-0.05, 0) is 43.4 Å². The fraction of sp³-hybridized carbons (Fsp3) is 0.444. The summed E-state index contributed by atoms with van der Waals surface area (Å²) in [5.74, 6) is -1.52. The summed E-state index contributed by atoms with van der Waals surface area (Å²) in [6.07, 6.45) is 2.82. The summed E-state index contributed by atoms with van der Waals surface area (Å²) < 4.78 is 0. The quantitative estimate of drug-likeness (QED) is 0.187. The summed E-state index contributed by atoms with van der Waals surface area (Å²) in [7, 11) is 0. The number of aliphatic carboxylic acids is 1. The molecule has 2 atom stereocenters. The molecule has 0 saturated heterocycles. The topological polar surface area (TPSA) is 160 Å². The molecule has 1 aromatic carbocycles. The van der Waals surface area contributed by atoms with Crippen LogP contribution in [-0.2, 0) is 9.59 Å². The zero-order valence-electron chi connectivity index (χ0n) is 15.8. The molecule has 2 amide bonds. The fourth-order valence-corrected chi connectivity index (χ4v) is 2.84. The first-order valence-corrected chi connectivity index (χ1v) is 10.2. The van der Waals surface area contributed by atoms with Crippen LogP contribution in [0.3, 0.4) is 0 Å². The van der Waals surface area contributed by atoms with Crippen LogP contribution >= 0.6 is 11.8 Å². The number of hydrogen-bond acceptors (Lipinski definition) is 5. The molecule has 0 spiro atoms. The molecule has 0 aliphatic rings. The highest BCUT2D eigenvalue weighted by atomic mass is 32.2. The van der Waals surface area contributed by atoms with E-state index in [0.717, 1.165) is 0 Å². The van der Waals surface area contributed by atoms with Crippen molar-refractivity contribution in [2.24, 2.45) is 16.5 Å². The number of amides is 2. The van der Waals surface area contributed by atoms with Crippen molar-refractivity contribution in [3.8, 4) is 0 Å². The lowest BCUT2D eigenvalue weighted by Crippen LogP contribution is -2.51. The van der Waals surface area contributed by atoms with Gasteiger partial charge in [0.2, 0.25) is 5.91 Å². The van der Waals surface area contributed by atoms with Gasteiger partial charge < -0.3 is 27.2 Å². The molecule has 1 aromatic rings. The van der Waals surface area contributed by atoms with Crippen molar-refractivity contribution < 1.29 is 19.5 Å². The normalized spacial score (nSPS) is 12.5. The third-order valence-electron chi connectivity index (χ3n) is 3.83. The highest BCUT2D eigenvalue weighted by Crippen LogP contribution is 2.06. The summed E-state index contributed by atoms with van der Waals surface area (Å²) in [6.45, 7) is 0.266. The van der Waals surface area contributed by atoms with Crippen molar-refractivity contribution in [1.29, 1.82) is 0 Å². The van der Waals surface area contributed by atoms with Crippen LogP contribution in [0.25, 0.3) is 0 Å². The van der Waals surface area contributed by atoms with Gasteiger partial charge in [0.05, 0.1) is 0 Å².